The maximum absolute atomic E-state index is 8.57. The van der Waals surface area contributed by atoms with Gasteiger partial charge in [0.1, 0.15) is 0 Å². The fraction of sp³-hybridized carbons (Fsp3) is 0.250. The van der Waals surface area contributed by atoms with E-state index in [4.69, 9.17) is 5.11 Å². The van der Waals surface area contributed by atoms with Crippen molar-refractivity contribution < 1.29 is 5.11 Å². The maximum atomic E-state index is 8.57. The fourth-order valence-corrected chi connectivity index (χ4v) is 1.60. The first-order chi connectivity index (χ1) is 4.36. The summed E-state index contributed by atoms with van der Waals surface area (Å²) in [6, 6.07) is 1.81. The Hall–Kier alpha value is 0.330. The number of rotatable bonds is 2. The molecule has 1 rings (SSSR count). The van der Waals surface area contributed by atoms with Crippen LogP contribution in [0.5, 0.6) is 0 Å². The van der Waals surface area contributed by atoms with E-state index in [2.05, 4.69) is 27.1 Å². The SMILES string of the molecule is OCc1ccn(PI)n1. The topological polar surface area (TPSA) is 38.0 Å². The van der Waals surface area contributed by atoms with Gasteiger partial charge >= 0.3 is 0 Å². The first-order valence-electron chi connectivity index (χ1n) is 2.39. The lowest BCUT2D eigenvalue weighted by atomic mass is 10.5. The van der Waals surface area contributed by atoms with E-state index < -0.39 is 0 Å². The van der Waals surface area contributed by atoms with Crippen LogP contribution in [0.1, 0.15) is 5.69 Å². The molecule has 0 spiro atoms. The highest BCUT2D eigenvalue weighted by molar-refractivity contribution is 14.2. The summed E-state index contributed by atoms with van der Waals surface area (Å²) in [5.74, 6) is 0. The summed E-state index contributed by atoms with van der Waals surface area (Å²) in [4.78, 5) is 0. The second-order valence-electron chi connectivity index (χ2n) is 1.49. The zero-order valence-corrected chi connectivity index (χ0v) is 7.74. The highest BCUT2D eigenvalue weighted by Crippen LogP contribution is 2.21. The van der Waals surface area contributed by atoms with E-state index in [1.807, 2.05) is 12.3 Å². The van der Waals surface area contributed by atoms with Gasteiger partial charge in [-0.05, 0) is 28.1 Å². The van der Waals surface area contributed by atoms with Crippen LogP contribution in [-0.2, 0) is 6.61 Å². The summed E-state index contributed by atoms with van der Waals surface area (Å²) < 4.78 is 1.80. The second-order valence-corrected chi connectivity index (χ2v) is 3.57. The number of aromatic nitrogens is 2. The Morgan fingerprint density at radius 1 is 1.89 bits per heavy atom. The molecular weight excluding hydrogens is 250 g/mol. The molecule has 1 heterocycles. The number of aliphatic hydroxyl groups is 1. The molecule has 0 saturated carbocycles. The van der Waals surface area contributed by atoms with Gasteiger partial charge in [0.15, 0.2) is 0 Å². The molecule has 0 fully saturated rings. The minimum atomic E-state index is 0.0358. The molecule has 0 aliphatic heterocycles. The molecule has 0 saturated heterocycles. The summed E-state index contributed by atoms with van der Waals surface area (Å²) >= 11 is 2.23. The zero-order chi connectivity index (χ0) is 6.69. The quantitative estimate of drug-likeness (QED) is 0.637. The first-order valence-corrected chi connectivity index (χ1v) is 6.45. The summed E-state index contributed by atoms with van der Waals surface area (Å²) in [5.41, 5.74) is 0.735. The van der Waals surface area contributed by atoms with Crippen molar-refractivity contribution in [2.75, 3.05) is 0 Å². The van der Waals surface area contributed by atoms with Gasteiger partial charge in [0, 0.05) is 6.20 Å². The molecule has 1 aromatic rings. The molecule has 1 aromatic heterocycles. The van der Waals surface area contributed by atoms with Gasteiger partial charge in [-0.25, -0.2) is 4.45 Å². The van der Waals surface area contributed by atoms with Gasteiger partial charge in [0.05, 0.1) is 18.7 Å². The minimum absolute atomic E-state index is 0.0358. The lowest BCUT2D eigenvalue weighted by Gasteiger charge is -1.88. The molecule has 9 heavy (non-hydrogen) atoms. The molecule has 1 unspecified atom stereocenters. The van der Waals surface area contributed by atoms with E-state index in [9.17, 15) is 0 Å². The molecule has 50 valence electrons. The molecule has 3 nitrogen and oxygen atoms in total. The third-order valence-corrected chi connectivity index (χ3v) is 2.80. The lowest BCUT2D eigenvalue weighted by molar-refractivity contribution is 0.276. The third-order valence-electron chi connectivity index (χ3n) is 0.893. The summed E-state index contributed by atoms with van der Waals surface area (Å²) in [7, 11) is 0. The van der Waals surface area contributed by atoms with Crippen molar-refractivity contribution in [3.63, 3.8) is 0 Å². The Bertz CT molecular complexity index is 172. The molecule has 0 aliphatic rings. The van der Waals surface area contributed by atoms with Crippen molar-refractivity contribution in [3.05, 3.63) is 18.0 Å². The van der Waals surface area contributed by atoms with Crippen molar-refractivity contribution in [2.45, 2.75) is 6.61 Å². The Morgan fingerprint density at radius 2 is 2.67 bits per heavy atom. The number of nitrogens with zero attached hydrogens (tertiary/aromatic N) is 2. The van der Waals surface area contributed by atoms with Crippen LogP contribution in [0.25, 0.3) is 0 Å². The maximum Gasteiger partial charge on any atom is 0.0882 e. The van der Waals surface area contributed by atoms with Crippen molar-refractivity contribution in [1.82, 2.24) is 9.55 Å². The first kappa shape index (κ1) is 7.44. The molecule has 0 amide bonds. The molecular formula is C4H6IN2OP. The van der Waals surface area contributed by atoms with Crippen molar-refractivity contribution in [3.8, 4) is 0 Å². The van der Waals surface area contributed by atoms with E-state index in [1.165, 1.54) is 0 Å². The van der Waals surface area contributed by atoms with E-state index in [1.54, 1.807) is 4.45 Å². The normalized spacial score (nSPS) is 11.3. The van der Waals surface area contributed by atoms with Gasteiger partial charge in [-0.2, -0.15) is 5.10 Å². The molecule has 0 radical (unpaired) electrons. The van der Waals surface area contributed by atoms with Crippen LogP contribution in [0.2, 0.25) is 0 Å². The smallest absolute Gasteiger partial charge is 0.0882 e. The van der Waals surface area contributed by atoms with Gasteiger partial charge in [-0.1, -0.05) is 0 Å². The predicted molar refractivity (Wildman–Crippen MR) is 45.9 cm³/mol. The Morgan fingerprint density at radius 3 is 3.00 bits per heavy atom. The Balaban J connectivity index is 2.74. The number of hydrogen-bond donors (Lipinski definition) is 1. The summed E-state index contributed by atoms with van der Waals surface area (Å²) in [6.07, 6.45) is 2.48. The molecule has 1 N–H and O–H groups in total. The van der Waals surface area contributed by atoms with Gasteiger partial charge in [0.25, 0.3) is 0 Å². The minimum Gasteiger partial charge on any atom is -0.390 e. The van der Waals surface area contributed by atoms with Crippen molar-refractivity contribution >= 4 is 28.4 Å². The monoisotopic (exact) mass is 256 g/mol. The average molecular weight is 256 g/mol. The van der Waals surface area contributed by atoms with Crippen LogP contribution in [0.15, 0.2) is 12.3 Å². The Labute approximate surface area is 67.8 Å². The molecule has 0 aliphatic carbocycles. The highest BCUT2D eigenvalue weighted by atomic mass is 127. The van der Waals surface area contributed by atoms with Crippen molar-refractivity contribution in [2.24, 2.45) is 0 Å². The van der Waals surface area contributed by atoms with Crippen LogP contribution in [0.4, 0.5) is 0 Å². The van der Waals surface area contributed by atoms with Crippen LogP contribution >= 0.6 is 28.4 Å². The number of hydrogen-bond acceptors (Lipinski definition) is 2. The van der Waals surface area contributed by atoms with Crippen LogP contribution in [-0.4, -0.2) is 14.7 Å². The van der Waals surface area contributed by atoms with Crippen molar-refractivity contribution in [1.29, 1.82) is 0 Å². The zero-order valence-electron chi connectivity index (χ0n) is 4.58. The third kappa shape index (κ3) is 1.88. The largest absolute Gasteiger partial charge is 0.390 e. The van der Waals surface area contributed by atoms with Crippen LogP contribution < -0.4 is 0 Å². The van der Waals surface area contributed by atoms with E-state index in [0.717, 1.165) is 5.69 Å². The van der Waals surface area contributed by atoms with Gasteiger partial charge < -0.3 is 5.11 Å². The summed E-state index contributed by atoms with van der Waals surface area (Å²) in [6.45, 7) is 0.0358. The van der Waals surface area contributed by atoms with Crippen LogP contribution in [0.3, 0.4) is 0 Å². The average Bonchev–Trinajstić information content (AvgIpc) is 2.34. The Kier molecular flexibility index (Phi) is 2.88. The number of halogens is 1. The van der Waals surface area contributed by atoms with E-state index >= 15 is 0 Å². The second kappa shape index (κ2) is 3.49. The van der Waals surface area contributed by atoms with Gasteiger partial charge in [-0.15, -0.1) is 0 Å². The number of aliphatic hydroxyl groups excluding tert-OH is 1. The predicted octanol–water partition coefficient (Wildman–Crippen LogP) is 1.17. The fourth-order valence-electron chi connectivity index (χ4n) is 0.493. The lowest BCUT2D eigenvalue weighted by Crippen LogP contribution is -1.85. The molecule has 1 atom stereocenters. The van der Waals surface area contributed by atoms with Crippen LogP contribution in [0, 0.1) is 0 Å². The highest BCUT2D eigenvalue weighted by Gasteiger charge is 1.92. The molecule has 0 bridgehead atoms. The summed E-state index contributed by atoms with van der Waals surface area (Å²) in [5, 5.41) is 12.6. The molecule has 5 heteroatoms. The standard InChI is InChI=1S/C4H6IN2OP/c5-9-7-2-1-4(3-8)6-7/h1-2,8-9H,3H2. The van der Waals surface area contributed by atoms with Gasteiger partial charge in [0.2, 0.25) is 0 Å². The molecule has 0 aromatic carbocycles. The van der Waals surface area contributed by atoms with Gasteiger partial charge in [-0.3, -0.25) is 0 Å². The van der Waals surface area contributed by atoms with E-state index in [0.29, 0.717) is 6.37 Å². The van der Waals surface area contributed by atoms with E-state index in [-0.39, 0.29) is 6.61 Å².